The van der Waals surface area contributed by atoms with E-state index < -0.39 is 5.97 Å². The number of carbonyl (C=O) groups is 1. The summed E-state index contributed by atoms with van der Waals surface area (Å²) in [7, 11) is 0. The van der Waals surface area contributed by atoms with E-state index in [1.54, 1.807) is 6.92 Å². The fourth-order valence-corrected chi connectivity index (χ4v) is 2.25. The van der Waals surface area contributed by atoms with Gasteiger partial charge in [-0.2, -0.15) is 0 Å². The molecule has 0 aromatic heterocycles. The van der Waals surface area contributed by atoms with Gasteiger partial charge in [0.1, 0.15) is 0 Å². The van der Waals surface area contributed by atoms with E-state index in [-0.39, 0.29) is 5.60 Å². The Morgan fingerprint density at radius 3 is 2.74 bits per heavy atom. The molecule has 1 rings (SSSR count). The first-order valence-electron chi connectivity index (χ1n) is 7.13. The van der Waals surface area contributed by atoms with Gasteiger partial charge in [-0.05, 0) is 51.0 Å². The Hall–Kier alpha value is -1.09. The van der Waals surface area contributed by atoms with Gasteiger partial charge in [0.15, 0.2) is 0 Å². The molecule has 3 atom stereocenters. The molecule has 0 bridgehead atoms. The van der Waals surface area contributed by atoms with Crippen LogP contribution in [0.5, 0.6) is 0 Å². The third kappa shape index (κ3) is 5.60. The molecule has 1 aliphatic rings. The number of hydrogen-bond acceptors (Lipinski definition) is 2. The maximum absolute atomic E-state index is 10.5. The van der Waals surface area contributed by atoms with Crippen molar-refractivity contribution in [1.29, 1.82) is 0 Å². The van der Waals surface area contributed by atoms with Gasteiger partial charge in [-0.25, -0.2) is 4.79 Å². The van der Waals surface area contributed by atoms with Gasteiger partial charge in [0.05, 0.1) is 11.7 Å². The van der Waals surface area contributed by atoms with E-state index >= 15 is 0 Å². The van der Waals surface area contributed by atoms with Gasteiger partial charge in [-0.15, -0.1) is 0 Å². The molecule has 19 heavy (non-hydrogen) atoms. The van der Waals surface area contributed by atoms with Crippen molar-refractivity contribution >= 4 is 5.97 Å². The summed E-state index contributed by atoms with van der Waals surface area (Å²) in [4.78, 5) is 10.5. The summed E-state index contributed by atoms with van der Waals surface area (Å²) in [5.41, 5.74) is 0.917. The monoisotopic (exact) mass is 266 g/mol. The summed E-state index contributed by atoms with van der Waals surface area (Å²) in [5, 5.41) is 8.59. The predicted octanol–water partition coefficient (Wildman–Crippen LogP) is 3.95. The lowest BCUT2D eigenvalue weighted by atomic mass is 9.95. The van der Waals surface area contributed by atoms with Gasteiger partial charge < -0.3 is 9.84 Å². The number of hydrogen-bond donors (Lipinski definition) is 1. The Morgan fingerprint density at radius 2 is 2.21 bits per heavy atom. The number of allylic oxidation sites excluding steroid dienone is 3. The Balaban J connectivity index is 2.20. The molecule has 0 amide bonds. The van der Waals surface area contributed by atoms with Gasteiger partial charge >= 0.3 is 5.97 Å². The first-order valence-corrected chi connectivity index (χ1v) is 7.13. The molecule has 108 valence electrons. The molecule has 0 spiro atoms. The smallest absolute Gasteiger partial charge is 0.328 e. The zero-order valence-corrected chi connectivity index (χ0v) is 12.5. The second kappa shape index (κ2) is 6.90. The molecule has 0 radical (unpaired) electrons. The zero-order valence-electron chi connectivity index (χ0n) is 12.5. The van der Waals surface area contributed by atoms with E-state index in [9.17, 15) is 4.79 Å². The standard InChI is InChI=1S/C16H26O3/c1-5-16(4)14(19-16)10-9-12(2)7-6-8-13(3)11-15(17)18/h6,8,11-12,14H,5,7,9-10H2,1-4H3,(H,17,18)/b8-6+,13-11+. The van der Waals surface area contributed by atoms with Crippen molar-refractivity contribution in [3.63, 3.8) is 0 Å². The van der Waals surface area contributed by atoms with Gasteiger partial charge in [0, 0.05) is 6.08 Å². The second-order valence-electron chi connectivity index (χ2n) is 5.82. The van der Waals surface area contributed by atoms with Crippen LogP contribution in [0.25, 0.3) is 0 Å². The highest BCUT2D eigenvalue weighted by molar-refractivity contribution is 5.81. The molecule has 0 aromatic carbocycles. The van der Waals surface area contributed by atoms with E-state index in [0.717, 1.165) is 31.3 Å². The van der Waals surface area contributed by atoms with E-state index in [4.69, 9.17) is 9.84 Å². The lowest BCUT2D eigenvalue weighted by molar-refractivity contribution is -0.131. The highest BCUT2D eigenvalue weighted by Crippen LogP contribution is 2.42. The summed E-state index contributed by atoms with van der Waals surface area (Å²) >= 11 is 0. The number of epoxide rings is 1. The largest absolute Gasteiger partial charge is 0.478 e. The Bertz CT molecular complexity index is 370. The van der Waals surface area contributed by atoms with Crippen LogP contribution in [-0.4, -0.2) is 22.8 Å². The molecule has 1 fully saturated rings. The van der Waals surface area contributed by atoms with Crippen molar-refractivity contribution in [3.05, 3.63) is 23.8 Å². The minimum Gasteiger partial charge on any atom is -0.478 e. The molecule has 0 aliphatic carbocycles. The van der Waals surface area contributed by atoms with Crippen LogP contribution in [-0.2, 0) is 9.53 Å². The number of aliphatic carboxylic acids is 1. The van der Waals surface area contributed by atoms with E-state index in [1.165, 1.54) is 6.08 Å². The lowest BCUT2D eigenvalue weighted by Gasteiger charge is -2.08. The van der Waals surface area contributed by atoms with Crippen molar-refractivity contribution in [2.45, 2.75) is 65.1 Å². The topological polar surface area (TPSA) is 49.8 Å². The number of rotatable bonds is 8. The molecule has 3 nitrogen and oxygen atoms in total. The van der Waals surface area contributed by atoms with Crippen LogP contribution in [0.15, 0.2) is 23.8 Å². The van der Waals surface area contributed by atoms with Gasteiger partial charge in [0.25, 0.3) is 0 Å². The average molecular weight is 266 g/mol. The molecule has 0 aromatic rings. The third-order valence-corrected chi connectivity index (χ3v) is 3.93. The van der Waals surface area contributed by atoms with Crippen molar-refractivity contribution in [2.75, 3.05) is 0 Å². The fourth-order valence-electron chi connectivity index (χ4n) is 2.25. The highest BCUT2D eigenvalue weighted by Gasteiger charge is 2.49. The number of carboxylic acids is 1. The first-order chi connectivity index (χ1) is 8.87. The van der Waals surface area contributed by atoms with Crippen LogP contribution in [0, 0.1) is 5.92 Å². The highest BCUT2D eigenvalue weighted by atomic mass is 16.6. The van der Waals surface area contributed by atoms with E-state index in [1.807, 2.05) is 6.08 Å². The Kier molecular flexibility index (Phi) is 5.80. The molecular weight excluding hydrogens is 240 g/mol. The van der Waals surface area contributed by atoms with Crippen LogP contribution < -0.4 is 0 Å². The van der Waals surface area contributed by atoms with Crippen molar-refractivity contribution in [1.82, 2.24) is 0 Å². The summed E-state index contributed by atoms with van der Waals surface area (Å²) in [6.45, 7) is 8.39. The number of carboxylic acid groups (broad SMARTS) is 1. The molecule has 1 aliphatic heterocycles. The molecule has 0 saturated carbocycles. The van der Waals surface area contributed by atoms with E-state index in [2.05, 4.69) is 26.8 Å². The van der Waals surface area contributed by atoms with Crippen LogP contribution in [0.1, 0.15) is 53.4 Å². The summed E-state index contributed by atoms with van der Waals surface area (Å²) in [6, 6.07) is 0. The minimum absolute atomic E-state index is 0.135. The number of ether oxygens (including phenoxy) is 1. The van der Waals surface area contributed by atoms with Crippen LogP contribution >= 0.6 is 0 Å². The fraction of sp³-hybridized carbons (Fsp3) is 0.688. The quantitative estimate of drug-likeness (QED) is 0.411. The molecule has 1 N–H and O–H groups in total. The van der Waals surface area contributed by atoms with Crippen molar-refractivity contribution in [3.8, 4) is 0 Å². The van der Waals surface area contributed by atoms with Crippen molar-refractivity contribution in [2.24, 2.45) is 5.92 Å². The summed E-state index contributed by atoms with van der Waals surface area (Å²) in [5.74, 6) is -0.279. The average Bonchev–Trinajstić information content (AvgIpc) is 2.98. The maximum Gasteiger partial charge on any atom is 0.328 e. The van der Waals surface area contributed by atoms with Crippen LogP contribution in [0.3, 0.4) is 0 Å². The first kappa shape index (κ1) is 16.0. The molecule has 3 heteroatoms. The van der Waals surface area contributed by atoms with Gasteiger partial charge in [-0.1, -0.05) is 26.0 Å². The zero-order chi connectivity index (χ0) is 14.5. The normalized spacial score (nSPS) is 28.6. The molecular formula is C16H26O3. The summed E-state index contributed by atoms with van der Waals surface area (Å²) in [6.07, 6.45) is 9.98. The third-order valence-electron chi connectivity index (χ3n) is 3.93. The SMILES string of the molecule is CCC1(C)OC1CCC(C)C/C=C/C(C)=C/C(=O)O. The Labute approximate surface area is 116 Å². The minimum atomic E-state index is -0.889. The van der Waals surface area contributed by atoms with Crippen molar-refractivity contribution < 1.29 is 14.6 Å². The maximum atomic E-state index is 10.5. The van der Waals surface area contributed by atoms with Gasteiger partial charge in [-0.3, -0.25) is 0 Å². The molecule has 1 saturated heterocycles. The second-order valence-corrected chi connectivity index (χ2v) is 5.82. The Morgan fingerprint density at radius 1 is 1.53 bits per heavy atom. The van der Waals surface area contributed by atoms with Gasteiger partial charge in [0.2, 0.25) is 0 Å². The van der Waals surface area contributed by atoms with Crippen LogP contribution in [0.2, 0.25) is 0 Å². The summed E-state index contributed by atoms with van der Waals surface area (Å²) < 4.78 is 5.70. The molecule has 3 unspecified atom stereocenters. The lowest BCUT2D eigenvalue weighted by Crippen LogP contribution is -2.08. The van der Waals surface area contributed by atoms with Crippen LogP contribution in [0.4, 0.5) is 0 Å². The predicted molar refractivity (Wildman–Crippen MR) is 77.1 cm³/mol. The van der Waals surface area contributed by atoms with E-state index in [0.29, 0.717) is 12.0 Å². The molecule has 1 heterocycles.